The molecule has 6 nitrogen and oxygen atoms in total. The van der Waals surface area contributed by atoms with Gasteiger partial charge in [-0.15, -0.1) is 10.2 Å². The predicted octanol–water partition coefficient (Wildman–Crippen LogP) is 3.62. The molecule has 0 aliphatic heterocycles. The maximum absolute atomic E-state index is 12.1. The van der Waals surface area contributed by atoms with E-state index in [0.29, 0.717) is 12.4 Å². The number of aryl methyl sites for hydroxylation is 1. The second-order valence-electron chi connectivity index (χ2n) is 5.39. The Kier molecular flexibility index (Phi) is 5.35. The van der Waals surface area contributed by atoms with Crippen molar-refractivity contribution in [2.45, 2.75) is 13.5 Å². The van der Waals surface area contributed by atoms with Gasteiger partial charge in [0.25, 0.3) is 5.91 Å². The van der Waals surface area contributed by atoms with Crippen molar-refractivity contribution >= 4 is 33.3 Å². The van der Waals surface area contributed by atoms with Gasteiger partial charge in [0.05, 0.1) is 12.2 Å². The number of pyridine rings is 1. The second-order valence-corrected chi connectivity index (χ2v) is 6.31. The monoisotopic (exact) mass is 397 g/mol. The summed E-state index contributed by atoms with van der Waals surface area (Å²) in [5, 5.41) is 14.0. The Labute approximate surface area is 153 Å². The number of nitrogens with one attached hydrogen (secondary N) is 2. The molecule has 0 bridgehead atoms. The standard InChI is InChI=1S/C18H16BrN5O/c1-12-10-13(19)5-6-15(12)22-17-8-7-16(23-24-17)18(25)21-11-14-4-2-3-9-20-14/h2-10H,11H2,1H3,(H,21,25)(H,22,24). The quantitative estimate of drug-likeness (QED) is 0.687. The van der Waals surface area contributed by atoms with Crippen LogP contribution in [0.2, 0.25) is 0 Å². The fourth-order valence-electron chi connectivity index (χ4n) is 2.19. The average Bonchev–Trinajstić information content (AvgIpc) is 2.63. The van der Waals surface area contributed by atoms with Gasteiger partial charge in [-0.25, -0.2) is 0 Å². The molecule has 0 atom stereocenters. The molecule has 0 radical (unpaired) electrons. The first kappa shape index (κ1) is 17.0. The Hall–Kier alpha value is -2.80. The third kappa shape index (κ3) is 4.60. The van der Waals surface area contributed by atoms with Crippen LogP contribution >= 0.6 is 15.9 Å². The van der Waals surface area contributed by atoms with Gasteiger partial charge < -0.3 is 10.6 Å². The number of rotatable bonds is 5. The van der Waals surface area contributed by atoms with Gasteiger partial charge in [0.1, 0.15) is 0 Å². The van der Waals surface area contributed by atoms with E-state index in [4.69, 9.17) is 0 Å². The molecule has 0 unspecified atom stereocenters. The molecule has 2 aromatic heterocycles. The van der Waals surface area contributed by atoms with Crippen LogP contribution < -0.4 is 10.6 Å². The smallest absolute Gasteiger partial charge is 0.272 e. The van der Waals surface area contributed by atoms with Crippen molar-refractivity contribution in [3.8, 4) is 0 Å². The Morgan fingerprint density at radius 1 is 1.12 bits per heavy atom. The Bertz CT molecular complexity index is 868. The minimum absolute atomic E-state index is 0.258. The summed E-state index contributed by atoms with van der Waals surface area (Å²) < 4.78 is 1.02. The highest BCUT2D eigenvalue weighted by atomic mass is 79.9. The lowest BCUT2D eigenvalue weighted by Gasteiger charge is -2.09. The van der Waals surface area contributed by atoms with Crippen LogP contribution in [0.4, 0.5) is 11.5 Å². The van der Waals surface area contributed by atoms with Crippen molar-refractivity contribution in [1.29, 1.82) is 0 Å². The van der Waals surface area contributed by atoms with E-state index < -0.39 is 0 Å². The van der Waals surface area contributed by atoms with Crippen molar-refractivity contribution in [3.05, 3.63) is 76.2 Å². The van der Waals surface area contributed by atoms with Gasteiger partial charge in [-0.05, 0) is 55.0 Å². The van der Waals surface area contributed by atoms with Gasteiger partial charge in [0.15, 0.2) is 11.5 Å². The van der Waals surface area contributed by atoms with E-state index >= 15 is 0 Å². The van der Waals surface area contributed by atoms with Crippen LogP contribution in [0.1, 0.15) is 21.7 Å². The first-order chi connectivity index (χ1) is 12.1. The molecule has 0 aliphatic carbocycles. The molecule has 2 N–H and O–H groups in total. The third-order valence-electron chi connectivity index (χ3n) is 3.50. The van der Waals surface area contributed by atoms with E-state index in [-0.39, 0.29) is 11.6 Å². The summed E-state index contributed by atoms with van der Waals surface area (Å²) in [5.74, 6) is 0.288. The number of halogens is 1. The fraction of sp³-hybridized carbons (Fsp3) is 0.111. The molecule has 0 aliphatic rings. The molecule has 0 spiro atoms. The van der Waals surface area contributed by atoms with Crippen molar-refractivity contribution in [2.24, 2.45) is 0 Å². The van der Waals surface area contributed by atoms with Crippen LogP contribution in [0.15, 0.2) is 59.2 Å². The highest BCUT2D eigenvalue weighted by molar-refractivity contribution is 9.10. The van der Waals surface area contributed by atoms with E-state index in [0.717, 1.165) is 21.4 Å². The van der Waals surface area contributed by atoms with Crippen LogP contribution in [0.3, 0.4) is 0 Å². The molecule has 25 heavy (non-hydrogen) atoms. The molecule has 2 heterocycles. The molecule has 0 saturated heterocycles. The molecule has 3 rings (SSSR count). The Morgan fingerprint density at radius 3 is 2.68 bits per heavy atom. The third-order valence-corrected chi connectivity index (χ3v) is 4.00. The zero-order valence-electron chi connectivity index (χ0n) is 13.5. The van der Waals surface area contributed by atoms with Crippen molar-refractivity contribution in [1.82, 2.24) is 20.5 Å². The number of aromatic nitrogens is 3. The Morgan fingerprint density at radius 2 is 2.00 bits per heavy atom. The molecule has 0 fully saturated rings. The van der Waals surface area contributed by atoms with E-state index in [1.54, 1.807) is 18.3 Å². The summed E-state index contributed by atoms with van der Waals surface area (Å²) in [6.45, 7) is 2.35. The summed E-state index contributed by atoms with van der Waals surface area (Å²) >= 11 is 3.43. The summed E-state index contributed by atoms with van der Waals surface area (Å²) in [5.41, 5.74) is 3.06. The zero-order valence-corrected chi connectivity index (χ0v) is 15.1. The molecular weight excluding hydrogens is 382 g/mol. The molecule has 7 heteroatoms. The summed E-state index contributed by atoms with van der Waals surface area (Å²) in [6, 6.07) is 14.8. The highest BCUT2D eigenvalue weighted by Gasteiger charge is 2.09. The first-order valence-corrected chi connectivity index (χ1v) is 8.46. The number of hydrogen-bond acceptors (Lipinski definition) is 5. The van der Waals surface area contributed by atoms with E-state index in [2.05, 4.69) is 41.7 Å². The zero-order chi connectivity index (χ0) is 17.6. The molecular formula is C18H16BrN5O. The van der Waals surface area contributed by atoms with Crippen LogP contribution in [0, 0.1) is 6.92 Å². The minimum Gasteiger partial charge on any atom is -0.345 e. The number of amides is 1. The van der Waals surface area contributed by atoms with Crippen molar-refractivity contribution in [2.75, 3.05) is 5.32 Å². The van der Waals surface area contributed by atoms with Gasteiger partial charge in [0, 0.05) is 16.4 Å². The molecule has 126 valence electrons. The SMILES string of the molecule is Cc1cc(Br)ccc1Nc1ccc(C(=O)NCc2ccccn2)nn1. The first-order valence-electron chi connectivity index (χ1n) is 7.67. The molecule has 1 aromatic carbocycles. The van der Waals surface area contributed by atoms with Crippen LogP contribution in [-0.2, 0) is 6.54 Å². The van der Waals surface area contributed by atoms with Crippen molar-refractivity contribution in [3.63, 3.8) is 0 Å². The van der Waals surface area contributed by atoms with E-state index in [9.17, 15) is 4.79 Å². The predicted molar refractivity (Wildman–Crippen MR) is 99.6 cm³/mol. The normalized spacial score (nSPS) is 10.3. The lowest BCUT2D eigenvalue weighted by molar-refractivity contribution is 0.0944. The molecule has 1 amide bonds. The van der Waals surface area contributed by atoms with E-state index in [1.807, 2.05) is 43.3 Å². The summed E-state index contributed by atoms with van der Waals surface area (Å²) in [7, 11) is 0. The highest BCUT2D eigenvalue weighted by Crippen LogP contribution is 2.22. The summed E-state index contributed by atoms with van der Waals surface area (Å²) in [4.78, 5) is 16.3. The van der Waals surface area contributed by atoms with Gasteiger partial charge in [-0.1, -0.05) is 22.0 Å². The topological polar surface area (TPSA) is 79.8 Å². The van der Waals surface area contributed by atoms with Crippen molar-refractivity contribution < 1.29 is 4.79 Å². The minimum atomic E-state index is -0.287. The lowest BCUT2D eigenvalue weighted by atomic mass is 10.2. The number of hydrogen-bond donors (Lipinski definition) is 2. The molecule has 0 saturated carbocycles. The number of anilines is 2. The van der Waals surface area contributed by atoms with Crippen LogP contribution in [-0.4, -0.2) is 21.1 Å². The largest absolute Gasteiger partial charge is 0.345 e. The average molecular weight is 398 g/mol. The number of nitrogens with zero attached hydrogens (tertiary/aromatic N) is 3. The Balaban J connectivity index is 1.62. The lowest BCUT2D eigenvalue weighted by Crippen LogP contribution is -2.24. The van der Waals surface area contributed by atoms with Crippen LogP contribution in [0.25, 0.3) is 0 Å². The van der Waals surface area contributed by atoms with Gasteiger partial charge in [0.2, 0.25) is 0 Å². The maximum Gasteiger partial charge on any atom is 0.272 e. The van der Waals surface area contributed by atoms with Gasteiger partial charge >= 0.3 is 0 Å². The van der Waals surface area contributed by atoms with Gasteiger partial charge in [-0.2, -0.15) is 0 Å². The summed E-state index contributed by atoms with van der Waals surface area (Å²) in [6.07, 6.45) is 1.69. The second kappa shape index (κ2) is 7.85. The maximum atomic E-state index is 12.1. The fourth-order valence-corrected chi connectivity index (χ4v) is 2.66. The number of carbonyl (C=O) groups excluding carboxylic acids is 1. The molecule has 3 aromatic rings. The van der Waals surface area contributed by atoms with E-state index in [1.165, 1.54) is 0 Å². The number of carbonyl (C=O) groups is 1. The van der Waals surface area contributed by atoms with Gasteiger partial charge in [-0.3, -0.25) is 9.78 Å². The number of benzene rings is 1. The van der Waals surface area contributed by atoms with Crippen LogP contribution in [0.5, 0.6) is 0 Å².